The minimum absolute atomic E-state index is 0.0845. The Kier molecular flexibility index (Phi) is 10.4. The third-order valence-electron chi connectivity index (χ3n) is 4.19. The summed E-state index contributed by atoms with van der Waals surface area (Å²) in [5.74, 6) is -3.20. The number of aliphatic hydroxyl groups is 1. The van der Waals surface area contributed by atoms with E-state index in [-0.39, 0.29) is 30.9 Å². The third kappa shape index (κ3) is 9.21. The number of guanidine groups is 1. The number of carbonyl (C=O) groups is 4. The van der Waals surface area contributed by atoms with Crippen molar-refractivity contribution in [2.75, 3.05) is 26.2 Å². The number of aliphatic hydroxyl groups excluding tert-OH is 1. The first kappa shape index (κ1) is 24.1. The first-order valence-corrected chi connectivity index (χ1v) is 9.24. The Morgan fingerprint density at radius 2 is 1.90 bits per heavy atom. The van der Waals surface area contributed by atoms with Crippen LogP contribution in [0.5, 0.6) is 0 Å². The molecule has 3 amide bonds. The molecule has 1 heterocycles. The summed E-state index contributed by atoms with van der Waals surface area (Å²) in [4.78, 5) is 51.1. The summed E-state index contributed by atoms with van der Waals surface area (Å²) in [6, 6.07) is -2.77. The smallest absolute Gasteiger partial charge is 0.328 e. The molecule has 1 rings (SSSR count). The quantitative estimate of drug-likeness (QED) is 0.0881. The molecule has 0 saturated carbocycles. The van der Waals surface area contributed by atoms with Gasteiger partial charge in [-0.3, -0.25) is 19.4 Å². The summed E-state index contributed by atoms with van der Waals surface area (Å²) >= 11 is 0. The van der Waals surface area contributed by atoms with Crippen LogP contribution in [0, 0.1) is 0 Å². The molecule has 10 N–H and O–H groups in total. The van der Waals surface area contributed by atoms with Gasteiger partial charge >= 0.3 is 5.97 Å². The van der Waals surface area contributed by atoms with Crippen LogP contribution in [0.4, 0.5) is 0 Å². The molecule has 1 aliphatic heterocycles. The van der Waals surface area contributed by atoms with Crippen molar-refractivity contribution in [1.82, 2.24) is 21.3 Å². The topological polar surface area (TPSA) is 221 Å². The van der Waals surface area contributed by atoms with E-state index in [4.69, 9.17) is 21.7 Å². The molecule has 3 atom stereocenters. The average molecular weight is 415 g/mol. The van der Waals surface area contributed by atoms with Crippen LogP contribution >= 0.6 is 0 Å². The zero-order chi connectivity index (χ0) is 21.8. The molecule has 13 nitrogen and oxygen atoms in total. The number of hydrogen-bond donors (Lipinski definition) is 8. The van der Waals surface area contributed by atoms with Gasteiger partial charge in [0, 0.05) is 6.54 Å². The normalized spacial score (nSPS) is 17.6. The maximum absolute atomic E-state index is 12.4. The second kappa shape index (κ2) is 12.5. The van der Waals surface area contributed by atoms with E-state index in [0.29, 0.717) is 12.8 Å². The minimum atomic E-state index is -1.47. The summed E-state index contributed by atoms with van der Waals surface area (Å²) in [6.45, 7) is -0.312. The fourth-order valence-electron chi connectivity index (χ4n) is 2.67. The Labute approximate surface area is 167 Å². The Balaban J connectivity index is 2.60. The van der Waals surface area contributed by atoms with Crippen LogP contribution in [-0.4, -0.2) is 84.2 Å². The average Bonchev–Trinajstić information content (AvgIpc) is 3.20. The molecule has 164 valence electrons. The number of aliphatic carboxylic acids is 1. The lowest BCUT2D eigenvalue weighted by Gasteiger charge is -2.20. The highest BCUT2D eigenvalue weighted by molar-refractivity contribution is 5.92. The van der Waals surface area contributed by atoms with Gasteiger partial charge in [0.15, 0.2) is 5.96 Å². The van der Waals surface area contributed by atoms with Crippen LogP contribution < -0.4 is 32.7 Å². The van der Waals surface area contributed by atoms with E-state index < -0.39 is 43.0 Å². The number of amides is 3. The van der Waals surface area contributed by atoms with Crippen LogP contribution in [0.1, 0.15) is 25.7 Å². The molecular weight excluding hydrogens is 386 g/mol. The number of carboxylic acid groups (broad SMARTS) is 1. The van der Waals surface area contributed by atoms with E-state index in [9.17, 15) is 19.2 Å². The van der Waals surface area contributed by atoms with Gasteiger partial charge in [0.2, 0.25) is 17.7 Å². The standard InChI is InChI=1S/C16H29N7O6/c17-16(18)20-6-2-4-10(23-14(27)9-3-1-5-19-9)13(26)21-7-12(25)22-11(8-24)15(28)29/h9-11,19,24H,1-8H2,(H,21,26)(H,22,25)(H,23,27)(H,28,29)(H4,17,18,20)/t9-,10-,11-/m0/s1. The van der Waals surface area contributed by atoms with Crippen molar-refractivity contribution in [3.05, 3.63) is 0 Å². The van der Waals surface area contributed by atoms with Crippen LogP contribution in [0.15, 0.2) is 4.99 Å². The highest BCUT2D eigenvalue weighted by Gasteiger charge is 2.27. The first-order valence-electron chi connectivity index (χ1n) is 9.24. The van der Waals surface area contributed by atoms with Crippen molar-refractivity contribution < 1.29 is 29.4 Å². The molecule has 0 aliphatic carbocycles. The van der Waals surface area contributed by atoms with Gasteiger partial charge in [0.25, 0.3) is 0 Å². The maximum atomic E-state index is 12.4. The molecule has 0 aromatic carbocycles. The zero-order valence-electron chi connectivity index (χ0n) is 16.0. The number of carboxylic acids is 1. The number of aliphatic imine (C=N–C) groups is 1. The van der Waals surface area contributed by atoms with Crippen molar-refractivity contribution in [2.24, 2.45) is 16.5 Å². The molecule has 0 aromatic rings. The van der Waals surface area contributed by atoms with Gasteiger partial charge in [-0.15, -0.1) is 0 Å². The predicted octanol–water partition coefficient (Wildman–Crippen LogP) is -4.05. The fourth-order valence-corrected chi connectivity index (χ4v) is 2.67. The van der Waals surface area contributed by atoms with E-state index in [1.807, 2.05) is 0 Å². The lowest BCUT2D eigenvalue weighted by atomic mass is 10.1. The molecule has 0 spiro atoms. The number of hydrogen-bond acceptors (Lipinski definition) is 7. The number of nitrogens with two attached hydrogens (primary N) is 2. The van der Waals surface area contributed by atoms with Crippen molar-refractivity contribution in [2.45, 2.75) is 43.8 Å². The second-order valence-electron chi connectivity index (χ2n) is 6.52. The summed E-state index contributed by atoms with van der Waals surface area (Å²) in [7, 11) is 0. The number of nitrogens with one attached hydrogen (secondary N) is 4. The second-order valence-corrected chi connectivity index (χ2v) is 6.52. The van der Waals surface area contributed by atoms with Crippen molar-refractivity contribution in [1.29, 1.82) is 0 Å². The SMILES string of the molecule is NC(N)=NCCC[C@H](NC(=O)[C@@H]1CCCN1)C(=O)NCC(=O)N[C@@H](CO)C(=O)O. The molecular formula is C16H29N7O6. The van der Waals surface area contributed by atoms with E-state index in [1.165, 1.54) is 0 Å². The van der Waals surface area contributed by atoms with Crippen LogP contribution in [0.3, 0.4) is 0 Å². The summed E-state index contributed by atoms with van der Waals surface area (Å²) in [5.41, 5.74) is 10.5. The van der Waals surface area contributed by atoms with Crippen LogP contribution in [0.25, 0.3) is 0 Å². The maximum Gasteiger partial charge on any atom is 0.328 e. The summed E-state index contributed by atoms with van der Waals surface area (Å²) in [5, 5.41) is 27.8. The van der Waals surface area contributed by atoms with Crippen molar-refractivity contribution >= 4 is 29.7 Å². The van der Waals surface area contributed by atoms with E-state index in [1.54, 1.807) is 0 Å². The largest absolute Gasteiger partial charge is 0.480 e. The molecule has 0 radical (unpaired) electrons. The minimum Gasteiger partial charge on any atom is -0.480 e. The van der Waals surface area contributed by atoms with Gasteiger partial charge in [-0.25, -0.2) is 4.79 Å². The van der Waals surface area contributed by atoms with Gasteiger partial charge in [-0.2, -0.15) is 0 Å². The highest BCUT2D eigenvalue weighted by atomic mass is 16.4. The van der Waals surface area contributed by atoms with Crippen LogP contribution in [-0.2, 0) is 19.2 Å². The Morgan fingerprint density at radius 3 is 2.45 bits per heavy atom. The molecule has 13 heteroatoms. The molecule has 1 saturated heterocycles. The molecule has 0 unspecified atom stereocenters. The van der Waals surface area contributed by atoms with Gasteiger partial charge in [-0.1, -0.05) is 0 Å². The zero-order valence-corrected chi connectivity index (χ0v) is 16.0. The van der Waals surface area contributed by atoms with Gasteiger partial charge < -0.3 is 42.9 Å². The molecule has 0 bridgehead atoms. The highest BCUT2D eigenvalue weighted by Crippen LogP contribution is 2.06. The number of carbonyl (C=O) groups excluding carboxylic acids is 3. The first-order chi connectivity index (χ1) is 13.7. The third-order valence-corrected chi connectivity index (χ3v) is 4.19. The Morgan fingerprint density at radius 1 is 1.17 bits per heavy atom. The Bertz CT molecular complexity index is 617. The van der Waals surface area contributed by atoms with Gasteiger partial charge in [-0.05, 0) is 32.2 Å². The van der Waals surface area contributed by atoms with E-state index in [2.05, 4.69) is 26.3 Å². The number of nitrogens with zero attached hydrogens (tertiary/aromatic N) is 1. The van der Waals surface area contributed by atoms with Crippen LogP contribution in [0.2, 0.25) is 0 Å². The van der Waals surface area contributed by atoms with Crippen molar-refractivity contribution in [3.8, 4) is 0 Å². The lowest BCUT2D eigenvalue weighted by molar-refractivity contribution is -0.142. The predicted molar refractivity (Wildman–Crippen MR) is 103 cm³/mol. The lowest BCUT2D eigenvalue weighted by Crippen LogP contribution is -2.53. The van der Waals surface area contributed by atoms with Gasteiger partial charge in [0.05, 0.1) is 19.2 Å². The number of rotatable bonds is 12. The fraction of sp³-hybridized carbons (Fsp3) is 0.688. The Hall–Kier alpha value is -2.93. The van der Waals surface area contributed by atoms with E-state index in [0.717, 1.165) is 13.0 Å². The van der Waals surface area contributed by atoms with E-state index >= 15 is 0 Å². The van der Waals surface area contributed by atoms with Crippen molar-refractivity contribution in [3.63, 3.8) is 0 Å². The van der Waals surface area contributed by atoms with Gasteiger partial charge in [0.1, 0.15) is 12.1 Å². The monoisotopic (exact) mass is 415 g/mol. The summed E-state index contributed by atoms with van der Waals surface area (Å²) < 4.78 is 0. The molecule has 29 heavy (non-hydrogen) atoms. The molecule has 1 fully saturated rings. The molecule has 1 aliphatic rings. The molecule has 0 aromatic heterocycles. The summed E-state index contributed by atoms with van der Waals surface area (Å²) in [6.07, 6.45) is 2.16.